The standard InChI is InChI=1S/C27H24Cl2N2O4S/c1-33-23-10-8-17(12-25(23)34-2)24(13-20-21(28)15-30-16-22(20)29)35-27(32)26-11-9-19(36-26)14-31-18-6-4-3-5-7-18/h3-12,15-16,24,31H,13-14H2,1-2H3/p+1/t24-/m0/s1. The average molecular weight is 544 g/mol. The van der Waals surface area contributed by atoms with Gasteiger partial charge in [-0.25, -0.2) is 9.78 Å². The normalized spacial score (nSPS) is 11.6. The molecule has 6 nitrogen and oxygen atoms in total. The third-order valence-electron chi connectivity index (χ3n) is 5.52. The predicted octanol–water partition coefficient (Wildman–Crippen LogP) is 6.64. The van der Waals surface area contributed by atoms with Crippen LogP contribution in [-0.4, -0.2) is 20.2 Å². The van der Waals surface area contributed by atoms with Crippen LogP contribution >= 0.6 is 34.5 Å². The lowest BCUT2D eigenvalue weighted by Gasteiger charge is -2.20. The van der Waals surface area contributed by atoms with E-state index in [4.69, 9.17) is 37.4 Å². The third kappa shape index (κ3) is 6.29. The second-order valence-corrected chi connectivity index (χ2v) is 9.81. The Bertz CT molecular complexity index is 1310. The van der Waals surface area contributed by atoms with E-state index in [1.807, 2.05) is 42.5 Å². The van der Waals surface area contributed by atoms with Gasteiger partial charge >= 0.3 is 5.97 Å². The number of H-pyrrole nitrogens is 1. The molecule has 2 heterocycles. The van der Waals surface area contributed by atoms with Crippen LogP contribution in [0.25, 0.3) is 0 Å². The molecule has 0 spiro atoms. The van der Waals surface area contributed by atoms with Crippen LogP contribution in [0.4, 0.5) is 5.69 Å². The molecule has 0 fully saturated rings. The summed E-state index contributed by atoms with van der Waals surface area (Å²) in [6.07, 6.45) is 2.90. The molecule has 36 heavy (non-hydrogen) atoms. The van der Waals surface area contributed by atoms with Crippen molar-refractivity contribution < 1.29 is 24.0 Å². The minimum absolute atomic E-state index is 0.279. The molecule has 4 rings (SSSR count). The summed E-state index contributed by atoms with van der Waals surface area (Å²) in [7, 11) is 3.12. The number of benzene rings is 2. The molecular formula is C27H25Cl2N2O4S+. The second kappa shape index (κ2) is 12.1. The highest BCUT2D eigenvalue weighted by atomic mass is 35.5. The maximum Gasteiger partial charge on any atom is 0.348 e. The van der Waals surface area contributed by atoms with Crippen LogP contribution in [0.2, 0.25) is 10.0 Å². The number of esters is 1. The number of halogens is 2. The Morgan fingerprint density at radius 3 is 2.39 bits per heavy atom. The van der Waals surface area contributed by atoms with Gasteiger partial charge in [-0.3, -0.25) is 0 Å². The van der Waals surface area contributed by atoms with E-state index < -0.39 is 12.1 Å². The fourth-order valence-corrected chi connectivity index (χ4v) is 5.02. The average Bonchev–Trinajstić information content (AvgIpc) is 3.38. The van der Waals surface area contributed by atoms with Crippen LogP contribution in [0.15, 0.2) is 73.1 Å². The topological polar surface area (TPSA) is 70.9 Å². The third-order valence-corrected chi connectivity index (χ3v) is 7.26. The molecule has 2 aromatic carbocycles. The molecule has 0 aliphatic rings. The maximum atomic E-state index is 13.2. The van der Waals surface area contributed by atoms with Gasteiger partial charge in [-0.1, -0.05) is 47.5 Å². The van der Waals surface area contributed by atoms with Crippen molar-refractivity contribution in [1.29, 1.82) is 0 Å². The number of thiophene rings is 1. The molecule has 0 saturated carbocycles. The number of carbonyl (C=O) groups is 1. The molecule has 0 aliphatic carbocycles. The van der Waals surface area contributed by atoms with E-state index in [0.717, 1.165) is 16.1 Å². The Kier molecular flexibility index (Phi) is 8.70. The molecule has 9 heteroatoms. The number of hydrogen-bond acceptors (Lipinski definition) is 6. The summed E-state index contributed by atoms with van der Waals surface area (Å²) in [5, 5.41) is 4.26. The first-order valence-corrected chi connectivity index (χ1v) is 12.7. The van der Waals surface area contributed by atoms with Gasteiger partial charge in [0.1, 0.15) is 21.0 Å². The van der Waals surface area contributed by atoms with E-state index in [2.05, 4.69) is 10.3 Å². The van der Waals surface area contributed by atoms with E-state index >= 15 is 0 Å². The number of pyridine rings is 1. The fourth-order valence-electron chi connectivity index (χ4n) is 3.65. The number of rotatable bonds is 10. The zero-order chi connectivity index (χ0) is 25.5. The number of nitrogens with one attached hydrogen (secondary N) is 2. The summed E-state index contributed by atoms with van der Waals surface area (Å²) < 4.78 is 16.8. The Balaban J connectivity index is 1.56. The number of para-hydroxylation sites is 1. The second-order valence-electron chi connectivity index (χ2n) is 7.83. The monoisotopic (exact) mass is 543 g/mol. The molecule has 0 unspecified atom stereocenters. The summed E-state index contributed by atoms with van der Waals surface area (Å²) in [6, 6.07) is 19.0. The lowest BCUT2D eigenvalue weighted by atomic mass is 10.0. The zero-order valence-electron chi connectivity index (χ0n) is 19.7. The first-order chi connectivity index (χ1) is 17.5. The van der Waals surface area contributed by atoms with Crippen LogP contribution in [0.1, 0.15) is 31.8 Å². The van der Waals surface area contributed by atoms with Crippen LogP contribution in [0.3, 0.4) is 0 Å². The first-order valence-electron chi connectivity index (χ1n) is 11.1. The van der Waals surface area contributed by atoms with E-state index in [1.165, 1.54) is 11.3 Å². The highest BCUT2D eigenvalue weighted by molar-refractivity contribution is 7.13. The number of hydrogen-bond donors (Lipinski definition) is 1. The Labute approximate surface area is 223 Å². The number of aromatic nitrogens is 1. The molecule has 1 atom stereocenters. The van der Waals surface area contributed by atoms with Crippen LogP contribution in [0.5, 0.6) is 11.5 Å². The van der Waals surface area contributed by atoms with E-state index in [-0.39, 0.29) is 6.42 Å². The van der Waals surface area contributed by atoms with Gasteiger partial charge in [-0.05, 0) is 42.0 Å². The Morgan fingerprint density at radius 2 is 1.69 bits per heavy atom. The highest BCUT2D eigenvalue weighted by Gasteiger charge is 2.24. The molecule has 4 aromatic rings. The number of methoxy groups -OCH3 is 2. The smallest absolute Gasteiger partial charge is 0.348 e. The first kappa shape index (κ1) is 25.8. The van der Waals surface area contributed by atoms with Crippen LogP contribution < -0.4 is 19.8 Å². The lowest BCUT2D eigenvalue weighted by molar-refractivity contribution is -0.377. The van der Waals surface area contributed by atoms with Crippen LogP contribution in [-0.2, 0) is 17.7 Å². The molecule has 0 amide bonds. The van der Waals surface area contributed by atoms with E-state index in [1.54, 1.807) is 44.8 Å². The van der Waals surface area contributed by atoms with Crippen molar-refractivity contribution in [2.24, 2.45) is 0 Å². The number of ether oxygens (including phenoxy) is 3. The lowest BCUT2D eigenvalue weighted by Crippen LogP contribution is -2.15. The molecule has 0 saturated heterocycles. The molecular weight excluding hydrogens is 519 g/mol. The molecule has 2 aromatic heterocycles. The van der Waals surface area contributed by atoms with Crippen LogP contribution in [0, 0.1) is 0 Å². The van der Waals surface area contributed by atoms with Crippen molar-refractivity contribution in [3.05, 3.63) is 104 Å². The number of carbonyl (C=O) groups excluding carboxylic acids is 1. The fraction of sp³-hybridized carbons (Fsp3) is 0.185. The summed E-state index contributed by atoms with van der Waals surface area (Å²) >= 11 is 14.2. The van der Waals surface area contributed by atoms with Gasteiger partial charge in [0.15, 0.2) is 23.9 Å². The Hall–Kier alpha value is -3.26. The minimum Gasteiger partial charge on any atom is -0.493 e. The van der Waals surface area contributed by atoms with Crippen molar-refractivity contribution in [2.75, 3.05) is 19.5 Å². The largest absolute Gasteiger partial charge is 0.493 e. The van der Waals surface area contributed by atoms with Crippen molar-refractivity contribution in [1.82, 2.24) is 0 Å². The maximum absolute atomic E-state index is 13.2. The van der Waals surface area contributed by atoms with E-state index in [9.17, 15) is 4.79 Å². The summed E-state index contributed by atoms with van der Waals surface area (Å²) in [5.41, 5.74) is 2.41. The highest BCUT2D eigenvalue weighted by Crippen LogP contribution is 2.35. The van der Waals surface area contributed by atoms with E-state index in [0.29, 0.717) is 38.5 Å². The number of anilines is 1. The van der Waals surface area contributed by atoms with Gasteiger partial charge in [0, 0.05) is 29.1 Å². The minimum atomic E-state index is -0.664. The molecule has 186 valence electrons. The van der Waals surface area contributed by atoms with Crippen molar-refractivity contribution >= 4 is 46.2 Å². The molecule has 2 N–H and O–H groups in total. The molecule has 0 bridgehead atoms. The Morgan fingerprint density at radius 1 is 0.972 bits per heavy atom. The summed E-state index contributed by atoms with van der Waals surface area (Å²) in [5.74, 6) is 0.672. The van der Waals surface area contributed by atoms with Crippen molar-refractivity contribution in [2.45, 2.75) is 19.1 Å². The predicted molar refractivity (Wildman–Crippen MR) is 143 cm³/mol. The summed E-state index contributed by atoms with van der Waals surface area (Å²) in [6.45, 7) is 0.604. The van der Waals surface area contributed by atoms with Crippen molar-refractivity contribution in [3.8, 4) is 11.5 Å². The van der Waals surface area contributed by atoms with Gasteiger partial charge in [-0.2, -0.15) is 0 Å². The summed E-state index contributed by atoms with van der Waals surface area (Å²) in [4.78, 5) is 17.6. The van der Waals surface area contributed by atoms with Gasteiger partial charge in [0.25, 0.3) is 0 Å². The van der Waals surface area contributed by atoms with Crippen molar-refractivity contribution in [3.63, 3.8) is 0 Å². The number of aromatic amines is 1. The zero-order valence-corrected chi connectivity index (χ0v) is 22.0. The van der Waals surface area contributed by atoms with Gasteiger partial charge in [-0.15, -0.1) is 11.3 Å². The van der Waals surface area contributed by atoms with Gasteiger partial charge < -0.3 is 19.5 Å². The molecule has 0 aliphatic heterocycles. The SMILES string of the molecule is COc1ccc([C@H](Cc2c(Cl)c[nH+]cc2Cl)OC(=O)c2ccc(CNc3ccccc3)s2)cc1OC. The quantitative estimate of drug-likeness (QED) is 0.227. The van der Waals surface area contributed by atoms with Gasteiger partial charge in [0.05, 0.1) is 14.2 Å². The molecule has 0 radical (unpaired) electrons. The van der Waals surface area contributed by atoms with Gasteiger partial charge in [0.2, 0.25) is 0 Å².